The Morgan fingerprint density at radius 2 is 2.06 bits per heavy atom. The van der Waals surface area contributed by atoms with Gasteiger partial charge in [0.1, 0.15) is 0 Å². The van der Waals surface area contributed by atoms with Gasteiger partial charge in [-0.1, -0.05) is 0 Å². The van der Waals surface area contributed by atoms with Crippen molar-refractivity contribution >= 4 is 0 Å². The third kappa shape index (κ3) is 2.02. The van der Waals surface area contributed by atoms with Gasteiger partial charge >= 0.3 is 0 Å². The van der Waals surface area contributed by atoms with Crippen LogP contribution < -0.4 is 5.32 Å². The van der Waals surface area contributed by atoms with Gasteiger partial charge in [0.2, 0.25) is 0 Å². The summed E-state index contributed by atoms with van der Waals surface area (Å²) in [6, 6.07) is 2.98. The average Bonchev–Trinajstić information content (AvgIpc) is 3.04. The maximum atomic E-state index is 3.44. The molecule has 1 aromatic heterocycles. The molecule has 2 fully saturated rings. The van der Waals surface area contributed by atoms with Crippen LogP contribution in [0.2, 0.25) is 0 Å². The van der Waals surface area contributed by atoms with Gasteiger partial charge in [-0.3, -0.25) is 4.90 Å². The lowest BCUT2D eigenvalue weighted by Crippen LogP contribution is -2.45. The molecule has 1 saturated carbocycles. The van der Waals surface area contributed by atoms with Crippen LogP contribution in [-0.4, -0.2) is 35.6 Å². The predicted molar refractivity (Wildman–Crippen MR) is 65.3 cm³/mol. The second-order valence-electron chi connectivity index (χ2n) is 5.18. The molecular weight excluding hydrogens is 198 g/mol. The lowest BCUT2D eigenvalue weighted by atomic mass is 10.0. The molecule has 16 heavy (non-hydrogen) atoms. The van der Waals surface area contributed by atoms with Gasteiger partial charge in [0.15, 0.2) is 0 Å². The summed E-state index contributed by atoms with van der Waals surface area (Å²) in [5.74, 6) is 0.917. The Morgan fingerprint density at radius 3 is 2.62 bits per heavy atom. The minimum atomic E-state index is 0.684. The van der Waals surface area contributed by atoms with Gasteiger partial charge in [0.25, 0.3) is 0 Å². The van der Waals surface area contributed by atoms with Crippen LogP contribution in [0.5, 0.6) is 0 Å². The molecule has 1 aliphatic carbocycles. The van der Waals surface area contributed by atoms with E-state index in [2.05, 4.69) is 40.3 Å². The van der Waals surface area contributed by atoms with Crippen LogP contribution in [0, 0.1) is 5.92 Å². The van der Waals surface area contributed by atoms with Crippen LogP contribution >= 0.6 is 0 Å². The highest BCUT2D eigenvalue weighted by Gasteiger charge is 2.36. The fourth-order valence-electron chi connectivity index (χ4n) is 2.85. The highest BCUT2D eigenvalue weighted by Crippen LogP contribution is 2.44. The standard InChI is InChI=1S/C13H21N3/c1-15-7-4-12(10-15)13(11-2-3-11)16-8-5-14-6-9-16/h4,7,10-11,13-14H,2-3,5-6,8-9H2,1H3. The van der Waals surface area contributed by atoms with E-state index in [1.54, 1.807) is 0 Å². The van der Waals surface area contributed by atoms with Crippen molar-refractivity contribution in [2.24, 2.45) is 13.0 Å². The molecule has 3 rings (SSSR count). The fourth-order valence-corrected chi connectivity index (χ4v) is 2.85. The van der Waals surface area contributed by atoms with E-state index in [9.17, 15) is 0 Å². The van der Waals surface area contributed by atoms with Gasteiger partial charge in [-0.25, -0.2) is 0 Å². The van der Waals surface area contributed by atoms with E-state index in [1.807, 2.05) is 0 Å². The number of hydrogen-bond donors (Lipinski definition) is 1. The van der Waals surface area contributed by atoms with Gasteiger partial charge in [0.05, 0.1) is 0 Å². The minimum Gasteiger partial charge on any atom is -0.357 e. The molecule has 2 aliphatic rings. The van der Waals surface area contributed by atoms with Crippen LogP contribution in [0.4, 0.5) is 0 Å². The first-order valence-corrected chi connectivity index (χ1v) is 6.41. The summed E-state index contributed by atoms with van der Waals surface area (Å²) in [5.41, 5.74) is 1.52. The van der Waals surface area contributed by atoms with E-state index < -0.39 is 0 Å². The summed E-state index contributed by atoms with van der Waals surface area (Å²) in [6.07, 6.45) is 7.31. The molecule has 2 heterocycles. The normalized spacial score (nSPS) is 24.6. The van der Waals surface area contributed by atoms with Gasteiger partial charge in [-0.05, 0) is 30.4 Å². The summed E-state index contributed by atoms with van der Waals surface area (Å²) in [7, 11) is 2.12. The van der Waals surface area contributed by atoms with Crippen LogP contribution in [0.3, 0.4) is 0 Å². The van der Waals surface area contributed by atoms with Gasteiger partial charge in [0, 0.05) is 51.7 Å². The molecule has 1 aliphatic heterocycles. The SMILES string of the molecule is Cn1ccc(C(C2CC2)N2CCNCC2)c1. The Bertz CT molecular complexity index is 348. The van der Waals surface area contributed by atoms with E-state index in [0.717, 1.165) is 19.0 Å². The van der Waals surface area contributed by atoms with Gasteiger partial charge in [-0.15, -0.1) is 0 Å². The largest absolute Gasteiger partial charge is 0.357 e. The van der Waals surface area contributed by atoms with Gasteiger partial charge in [-0.2, -0.15) is 0 Å². The highest BCUT2D eigenvalue weighted by molar-refractivity contribution is 5.18. The zero-order valence-electron chi connectivity index (χ0n) is 10.0. The zero-order chi connectivity index (χ0) is 11.0. The predicted octanol–water partition coefficient (Wildman–Crippen LogP) is 1.38. The number of hydrogen-bond acceptors (Lipinski definition) is 2. The van der Waals surface area contributed by atoms with Crippen molar-refractivity contribution in [3.63, 3.8) is 0 Å². The van der Waals surface area contributed by atoms with Crippen molar-refractivity contribution in [3.05, 3.63) is 24.0 Å². The average molecular weight is 219 g/mol. The van der Waals surface area contributed by atoms with E-state index in [4.69, 9.17) is 0 Å². The van der Waals surface area contributed by atoms with Crippen LogP contribution in [0.1, 0.15) is 24.4 Å². The van der Waals surface area contributed by atoms with E-state index in [-0.39, 0.29) is 0 Å². The monoisotopic (exact) mass is 219 g/mol. The molecule has 1 unspecified atom stereocenters. The van der Waals surface area contributed by atoms with Crippen molar-refractivity contribution in [3.8, 4) is 0 Å². The first kappa shape index (κ1) is 10.4. The Kier molecular flexibility index (Phi) is 2.74. The Morgan fingerprint density at radius 1 is 1.31 bits per heavy atom. The fraction of sp³-hybridized carbons (Fsp3) is 0.692. The summed E-state index contributed by atoms with van der Waals surface area (Å²) >= 11 is 0. The Labute approximate surface area is 97.4 Å². The third-order valence-corrected chi connectivity index (χ3v) is 3.81. The zero-order valence-corrected chi connectivity index (χ0v) is 10.0. The van der Waals surface area contributed by atoms with Crippen molar-refractivity contribution < 1.29 is 0 Å². The van der Waals surface area contributed by atoms with Crippen LogP contribution in [0.25, 0.3) is 0 Å². The molecule has 1 atom stereocenters. The molecular formula is C13H21N3. The molecule has 0 spiro atoms. The molecule has 3 heteroatoms. The summed E-state index contributed by atoms with van der Waals surface area (Å²) in [6.45, 7) is 4.71. The van der Waals surface area contributed by atoms with Crippen molar-refractivity contribution in [2.45, 2.75) is 18.9 Å². The number of nitrogens with one attached hydrogen (secondary N) is 1. The lowest BCUT2D eigenvalue weighted by molar-refractivity contribution is 0.156. The number of nitrogens with zero attached hydrogens (tertiary/aromatic N) is 2. The lowest BCUT2D eigenvalue weighted by Gasteiger charge is -2.35. The van der Waals surface area contributed by atoms with Gasteiger partial charge < -0.3 is 9.88 Å². The van der Waals surface area contributed by atoms with Crippen molar-refractivity contribution in [1.82, 2.24) is 14.8 Å². The molecule has 1 saturated heterocycles. The Hall–Kier alpha value is -0.800. The van der Waals surface area contributed by atoms with Crippen molar-refractivity contribution in [2.75, 3.05) is 26.2 Å². The molecule has 1 N–H and O–H groups in total. The molecule has 0 radical (unpaired) electrons. The van der Waals surface area contributed by atoms with E-state index in [1.165, 1.54) is 31.5 Å². The maximum absolute atomic E-state index is 3.44. The van der Waals surface area contributed by atoms with Crippen LogP contribution in [-0.2, 0) is 7.05 Å². The molecule has 0 amide bonds. The summed E-state index contributed by atoms with van der Waals surface area (Å²) < 4.78 is 2.17. The molecule has 3 nitrogen and oxygen atoms in total. The Balaban J connectivity index is 1.79. The number of rotatable bonds is 3. The quantitative estimate of drug-likeness (QED) is 0.829. The molecule has 0 aromatic carbocycles. The molecule has 0 bridgehead atoms. The first-order valence-electron chi connectivity index (χ1n) is 6.41. The third-order valence-electron chi connectivity index (χ3n) is 3.81. The van der Waals surface area contributed by atoms with Crippen molar-refractivity contribution in [1.29, 1.82) is 0 Å². The number of aryl methyl sites for hydroxylation is 1. The molecule has 1 aromatic rings. The van der Waals surface area contributed by atoms with E-state index in [0.29, 0.717) is 6.04 Å². The first-order chi connectivity index (χ1) is 7.84. The molecule has 88 valence electrons. The second kappa shape index (κ2) is 4.22. The summed E-state index contributed by atoms with van der Waals surface area (Å²) in [5, 5.41) is 3.44. The smallest absolute Gasteiger partial charge is 0.0392 e. The second-order valence-corrected chi connectivity index (χ2v) is 5.18. The highest BCUT2D eigenvalue weighted by atomic mass is 15.2. The number of aromatic nitrogens is 1. The topological polar surface area (TPSA) is 20.2 Å². The van der Waals surface area contributed by atoms with E-state index >= 15 is 0 Å². The summed E-state index contributed by atoms with van der Waals surface area (Å²) in [4.78, 5) is 2.67. The minimum absolute atomic E-state index is 0.684. The maximum Gasteiger partial charge on any atom is 0.0392 e. The number of piperazine rings is 1. The van der Waals surface area contributed by atoms with Crippen LogP contribution in [0.15, 0.2) is 18.5 Å².